The van der Waals surface area contributed by atoms with Crippen LogP contribution in [0.15, 0.2) is 17.8 Å². The monoisotopic (exact) mass is 308 g/mol. The molecule has 2 rings (SSSR count). The van der Waals surface area contributed by atoms with Crippen LogP contribution >= 0.6 is 11.8 Å². The molecule has 1 N–H and O–H groups in total. The lowest BCUT2D eigenvalue weighted by molar-refractivity contribution is -0.119. The fraction of sp³-hybridized carbons (Fsp3) is 0.667. The molecule has 2 atom stereocenters. The first-order valence-corrected chi connectivity index (χ1v) is 8.53. The summed E-state index contributed by atoms with van der Waals surface area (Å²) in [4.78, 5) is 12.1. The number of nitrogens with one attached hydrogen (secondary N) is 1. The van der Waals surface area contributed by atoms with Crippen molar-refractivity contribution in [2.75, 3.05) is 5.75 Å². The first-order chi connectivity index (χ1) is 10.1. The van der Waals surface area contributed by atoms with E-state index in [0.29, 0.717) is 24.3 Å². The summed E-state index contributed by atoms with van der Waals surface area (Å²) in [6, 6.07) is 0.333. The number of carbonyl (C=O) groups excluding carboxylic acids is 1. The third-order valence-corrected chi connectivity index (χ3v) is 4.97. The van der Waals surface area contributed by atoms with Crippen molar-refractivity contribution < 1.29 is 4.79 Å². The molecule has 0 saturated heterocycles. The van der Waals surface area contributed by atoms with Gasteiger partial charge in [0.1, 0.15) is 5.82 Å². The van der Waals surface area contributed by atoms with Crippen molar-refractivity contribution in [2.45, 2.75) is 57.3 Å². The number of aromatic nitrogens is 3. The van der Waals surface area contributed by atoms with E-state index in [4.69, 9.17) is 0 Å². The summed E-state index contributed by atoms with van der Waals surface area (Å²) < 4.78 is 1.97. The number of hydrogen-bond acceptors (Lipinski definition) is 4. The Balaban J connectivity index is 1.85. The van der Waals surface area contributed by atoms with Gasteiger partial charge >= 0.3 is 0 Å². The van der Waals surface area contributed by atoms with Crippen LogP contribution in [0.1, 0.15) is 38.4 Å². The third kappa shape index (κ3) is 4.33. The Hall–Kier alpha value is -1.30. The van der Waals surface area contributed by atoms with Crippen LogP contribution in [0.4, 0.5) is 0 Å². The van der Waals surface area contributed by atoms with Gasteiger partial charge in [-0.25, -0.2) is 0 Å². The van der Waals surface area contributed by atoms with Gasteiger partial charge in [0.25, 0.3) is 0 Å². The molecule has 1 fully saturated rings. The summed E-state index contributed by atoms with van der Waals surface area (Å²) in [5.41, 5.74) is 0. The fourth-order valence-corrected chi connectivity index (χ4v) is 3.52. The van der Waals surface area contributed by atoms with Gasteiger partial charge in [-0.2, -0.15) is 0 Å². The molecule has 0 unspecified atom stereocenters. The van der Waals surface area contributed by atoms with Crippen LogP contribution in [0.5, 0.6) is 0 Å². The molecule has 116 valence electrons. The van der Waals surface area contributed by atoms with Crippen molar-refractivity contribution in [3.8, 4) is 0 Å². The molecule has 0 spiro atoms. The fourth-order valence-electron chi connectivity index (χ4n) is 2.72. The van der Waals surface area contributed by atoms with Gasteiger partial charge in [-0.15, -0.1) is 16.8 Å². The molecular weight excluding hydrogens is 284 g/mol. The van der Waals surface area contributed by atoms with E-state index in [2.05, 4.69) is 29.0 Å². The van der Waals surface area contributed by atoms with Crippen molar-refractivity contribution in [1.29, 1.82) is 0 Å². The van der Waals surface area contributed by atoms with Crippen molar-refractivity contribution in [3.63, 3.8) is 0 Å². The van der Waals surface area contributed by atoms with E-state index in [1.807, 2.05) is 17.6 Å². The molecular formula is C15H24N4OS. The summed E-state index contributed by atoms with van der Waals surface area (Å²) >= 11 is 1.44. The number of rotatable bonds is 6. The lowest BCUT2D eigenvalue weighted by atomic mass is 9.86. The van der Waals surface area contributed by atoms with Crippen molar-refractivity contribution in [3.05, 3.63) is 18.5 Å². The molecule has 1 heterocycles. The highest BCUT2D eigenvalue weighted by molar-refractivity contribution is 7.99. The van der Waals surface area contributed by atoms with Crippen LogP contribution in [0.25, 0.3) is 0 Å². The van der Waals surface area contributed by atoms with E-state index >= 15 is 0 Å². The average Bonchev–Trinajstić information content (AvgIpc) is 2.81. The quantitative estimate of drug-likeness (QED) is 0.648. The minimum absolute atomic E-state index is 0.0876. The minimum atomic E-state index is 0.0876. The maximum atomic E-state index is 12.1. The second kappa shape index (κ2) is 7.64. The van der Waals surface area contributed by atoms with E-state index in [0.717, 1.165) is 17.4 Å². The second-order valence-electron chi connectivity index (χ2n) is 5.65. The Kier molecular flexibility index (Phi) is 5.85. The van der Waals surface area contributed by atoms with E-state index in [1.165, 1.54) is 31.0 Å². The molecule has 1 aliphatic carbocycles. The molecule has 6 heteroatoms. The van der Waals surface area contributed by atoms with Crippen LogP contribution in [0.3, 0.4) is 0 Å². The molecule has 1 amide bonds. The first-order valence-electron chi connectivity index (χ1n) is 7.54. The third-order valence-electron chi connectivity index (χ3n) is 4.00. The van der Waals surface area contributed by atoms with Gasteiger partial charge in [0.2, 0.25) is 5.91 Å². The highest BCUT2D eigenvalue weighted by Gasteiger charge is 2.23. The maximum absolute atomic E-state index is 12.1. The SMILES string of the molecule is C=CCn1c(C)nnc1SCC(=O)N[C@@H]1CCCC[C@H]1C. The lowest BCUT2D eigenvalue weighted by Crippen LogP contribution is -2.41. The highest BCUT2D eigenvalue weighted by Crippen LogP contribution is 2.24. The van der Waals surface area contributed by atoms with Gasteiger partial charge in [-0.1, -0.05) is 37.6 Å². The lowest BCUT2D eigenvalue weighted by Gasteiger charge is -2.29. The zero-order valence-corrected chi connectivity index (χ0v) is 13.7. The number of thioether (sulfide) groups is 1. The molecule has 21 heavy (non-hydrogen) atoms. The summed E-state index contributed by atoms with van der Waals surface area (Å²) in [7, 11) is 0. The van der Waals surface area contributed by atoms with E-state index in [9.17, 15) is 4.79 Å². The van der Waals surface area contributed by atoms with Gasteiger partial charge in [0.15, 0.2) is 5.16 Å². The second-order valence-corrected chi connectivity index (χ2v) is 6.60. The van der Waals surface area contributed by atoms with Gasteiger partial charge < -0.3 is 9.88 Å². The molecule has 0 aromatic carbocycles. The maximum Gasteiger partial charge on any atom is 0.230 e. The van der Waals surface area contributed by atoms with Gasteiger partial charge in [0.05, 0.1) is 5.75 Å². The first kappa shape index (κ1) is 16.1. The van der Waals surface area contributed by atoms with Crippen LogP contribution in [0, 0.1) is 12.8 Å². The topological polar surface area (TPSA) is 59.8 Å². The van der Waals surface area contributed by atoms with Gasteiger partial charge in [-0.05, 0) is 25.7 Å². The molecule has 1 saturated carbocycles. The Morgan fingerprint density at radius 2 is 2.24 bits per heavy atom. The number of carbonyl (C=O) groups is 1. The molecule has 0 radical (unpaired) electrons. The standard InChI is InChI=1S/C15H24N4OS/c1-4-9-19-12(3)17-18-15(19)21-10-14(20)16-13-8-6-5-7-11(13)2/h4,11,13H,1,5-10H2,2-3H3,(H,16,20)/t11-,13-/m1/s1. The van der Waals surface area contributed by atoms with Gasteiger partial charge in [-0.3, -0.25) is 4.79 Å². The molecule has 1 aliphatic rings. The Labute approximate surface area is 130 Å². The molecule has 0 bridgehead atoms. The van der Waals surface area contributed by atoms with Crippen LogP contribution in [0.2, 0.25) is 0 Å². The van der Waals surface area contributed by atoms with E-state index < -0.39 is 0 Å². The van der Waals surface area contributed by atoms with Crippen molar-refractivity contribution >= 4 is 17.7 Å². The highest BCUT2D eigenvalue weighted by atomic mass is 32.2. The number of allylic oxidation sites excluding steroid dienone is 1. The molecule has 5 nitrogen and oxygen atoms in total. The largest absolute Gasteiger partial charge is 0.352 e. The zero-order valence-electron chi connectivity index (χ0n) is 12.8. The summed E-state index contributed by atoms with van der Waals surface area (Å²) in [6.07, 6.45) is 6.62. The molecule has 0 aliphatic heterocycles. The van der Waals surface area contributed by atoms with E-state index in [-0.39, 0.29) is 5.91 Å². The van der Waals surface area contributed by atoms with Crippen LogP contribution in [-0.2, 0) is 11.3 Å². The summed E-state index contributed by atoms with van der Waals surface area (Å²) in [5, 5.41) is 12.1. The summed E-state index contributed by atoms with van der Waals surface area (Å²) in [6.45, 7) is 8.53. The molecule has 1 aromatic heterocycles. The molecule has 1 aromatic rings. The zero-order chi connectivity index (χ0) is 15.2. The Morgan fingerprint density at radius 3 is 2.95 bits per heavy atom. The minimum Gasteiger partial charge on any atom is -0.352 e. The predicted octanol–water partition coefficient (Wildman–Crippen LogP) is 2.56. The van der Waals surface area contributed by atoms with Crippen molar-refractivity contribution in [2.24, 2.45) is 5.92 Å². The van der Waals surface area contributed by atoms with Gasteiger partial charge in [0, 0.05) is 12.6 Å². The van der Waals surface area contributed by atoms with E-state index in [1.54, 1.807) is 0 Å². The number of aryl methyl sites for hydroxylation is 1. The normalized spacial score (nSPS) is 22.0. The number of amides is 1. The van der Waals surface area contributed by atoms with Crippen LogP contribution < -0.4 is 5.32 Å². The van der Waals surface area contributed by atoms with Crippen molar-refractivity contribution in [1.82, 2.24) is 20.1 Å². The Morgan fingerprint density at radius 1 is 1.48 bits per heavy atom. The number of hydrogen-bond donors (Lipinski definition) is 1. The summed E-state index contributed by atoms with van der Waals surface area (Å²) in [5.74, 6) is 1.90. The average molecular weight is 308 g/mol. The van der Waals surface area contributed by atoms with Crippen LogP contribution in [-0.4, -0.2) is 32.5 Å². The predicted molar refractivity (Wildman–Crippen MR) is 85.2 cm³/mol. The Bertz CT molecular complexity index is 500. The smallest absolute Gasteiger partial charge is 0.230 e. The number of nitrogens with zero attached hydrogens (tertiary/aromatic N) is 3.